The molecule has 2 N–H and O–H groups in total. The van der Waals surface area contributed by atoms with Crippen LogP contribution in [0.2, 0.25) is 0 Å². The minimum atomic E-state index is 0.559. The molecule has 0 amide bonds. The molecule has 0 aliphatic carbocycles. The molecule has 4 heteroatoms. The molecule has 2 saturated heterocycles. The minimum absolute atomic E-state index is 0.559. The second-order valence-electron chi connectivity index (χ2n) is 5.78. The number of rotatable bonds is 4. The highest BCUT2D eigenvalue weighted by Crippen LogP contribution is 2.39. The van der Waals surface area contributed by atoms with Gasteiger partial charge in [0.05, 0.1) is 5.69 Å². The summed E-state index contributed by atoms with van der Waals surface area (Å²) in [5.74, 6) is 0. The molecule has 0 unspecified atom stereocenters. The lowest BCUT2D eigenvalue weighted by atomic mass is 9.79. The molecule has 1 spiro atoms. The van der Waals surface area contributed by atoms with Crippen LogP contribution in [-0.2, 0) is 6.54 Å². The summed E-state index contributed by atoms with van der Waals surface area (Å²) in [4.78, 5) is 9.43. The first-order valence-electron chi connectivity index (χ1n) is 6.84. The van der Waals surface area contributed by atoms with E-state index in [0.29, 0.717) is 5.41 Å². The smallest absolute Gasteiger partial charge is 0.0543 e. The van der Waals surface area contributed by atoms with Crippen LogP contribution < -0.4 is 5.73 Å². The zero-order valence-electron chi connectivity index (χ0n) is 10.9. The van der Waals surface area contributed by atoms with Crippen molar-refractivity contribution >= 4 is 0 Å². The van der Waals surface area contributed by atoms with Gasteiger partial charge in [-0.15, -0.1) is 0 Å². The van der Waals surface area contributed by atoms with E-state index >= 15 is 0 Å². The number of aromatic nitrogens is 1. The van der Waals surface area contributed by atoms with Crippen molar-refractivity contribution in [1.29, 1.82) is 0 Å². The molecule has 0 atom stereocenters. The average Bonchev–Trinajstić information content (AvgIpc) is 2.74. The molecule has 18 heavy (non-hydrogen) atoms. The normalized spacial score (nSPS) is 23.4. The zero-order valence-corrected chi connectivity index (χ0v) is 10.9. The quantitative estimate of drug-likeness (QED) is 0.842. The zero-order chi connectivity index (χ0) is 12.4. The van der Waals surface area contributed by atoms with E-state index < -0.39 is 0 Å². The lowest BCUT2D eigenvalue weighted by Crippen LogP contribution is -2.58. The first-order valence-corrected chi connectivity index (χ1v) is 6.84. The third-order valence-electron chi connectivity index (χ3n) is 4.19. The fourth-order valence-corrected chi connectivity index (χ4v) is 3.38. The molecule has 4 nitrogen and oxygen atoms in total. The van der Waals surface area contributed by atoms with Crippen LogP contribution >= 0.6 is 0 Å². The summed E-state index contributed by atoms with van der Waals surface area (Å²) in [7, 11) is 0. The van der Waals surface area contributed by atoms with Crippen LogP contribution in [0.1, 0.15) is 12.1 Å². The number of hydrogen-bond donors (Lipinski definition) is 1. The number of nitrogens with zero attached hydrogens (tertiary/aromatic N) is 3. The first kappa shape index (κ1) is 12.1. The molecule has 1 aromatic heterocycles. The molecular formula is C14H22N4. The summed E-state index contributed by atoms with van der Waals surface area (Å²) in [5.41, 5.74) is 7.34. The van der Waals surface area contributed by atoms with Crippen molar-refractivity contribution in [2.75, 3.05) is 39.3 Å². The summed E-state index contributed by atoms with van der Waals surface area (Å²) in [5, 5.41) is 0. The summed E-state index contributed by atoms with van der Waals surface area (Å²) in [6.07, 6.45) is 3.22. The van der Waals surface area contributed by atoms with E-state index in [4.69, 9.17) is 5.73 Å². The Morgan fingerprint density at radius 1 is 1.22 bits per heavy atom. The highest BCUT2D eigenvalue weighted by Gasteiger charge is 2.46. The monoisotopic (exact) mass is 246 g/mol. The Morgan fingerprint density at radius 2 is 2.06 bits per heavy atom. The van der Waals surface area contributed by atoms with Crippen LogP contribution in [-0.4, -0.2) is 54.1 Å². The fourth-order valence-electron chi connectivity index (χ4n) is 3.38. The molecular weight excluding hydrogens is 224 g/mol. The molecule has 2 fully saturated rings. The summed E-state index contributed by atoms with van der Waals surface area (Å²) in [6, 6.07) is 6.17. The van der Waals surface area contributed by atoms with Crippen molar-refractivity contribution in [2.24, 2.45) is 11.1 Å². The Balaban J connectivity index is 1.51. The molecule has 3 rings (SSSR count). The molecule has 3 heterocycles. The molecule has 0 radical (unpaired) electrons. The van der Waals surface area contributed by atoms with Gasteiger partial charge in [0.1, 0.15) is 0 Å². The van der Waals surface area contributed by atoms with E-state index in [2.05, 4.69) is 26.9 Å². The first-order chi connectivity index (χ1) is 8.80. The Labute approximate surface area is 109 Å². The van der Waals surface area contributed by atoms with Crippen molar-refractivity contribution < 1.29 is 0 Å². The fraction of sp³-hybridized carbons (Fsp3) is 0.643. The van der Waals surface area contributed by atoms with Crippen molar-refractivity contribution in [2.45, 2.75) is 13.0 Å². The van der Waals surface area contributed by atoms with E-state index in [1.807, 2.05) is 12.3 Å². The lowest BCUT2D eigenvalue weighted by Gasteiger charge is -2.48. The van der Waals surface area contributed by atoms with Gasteiger partial charge in [0.2, 0.25) is 0 Å². The van der Waals surface area contributed by atoms with E-state index in [0.717, 1.165) is 19.6 Å². The minimum Gasteiger partial charge on any atom is -0.329 e. The summed E-state index contributed by atoms with van der Waals surface area (Å²) >= 11 is 0. The molecule has 98 valence electrons. The largest absolute Gasteiger partial charge is 0.329 e. The number of hydrogen-bond acceptors (Lipinski definition) is 4. The van der Waals surface area contributed by atoms with Gasteiger partial charge in [0, 0.05) is 50.9 Å². The standard InChI is InChI=1S/C14H22N4/c15-5-8-18-11-14(12-18)4-7-17(10-14)9-13-3-1-2-6-16-13/h1-3,6H,4-5,7-12,15H2. The molecule has 2 aliphatic heterocycles. The van der Waals surface area contributed by atoms with Gasteiger partial charge in [-0.3, -0.25) is 9.88 Å². The molecule has 1 aromatic rings. The van der Waals surface area contributed by atoms with Gasteiger partial charge in [-0.25, -0.2) is 0 Å². The molecule has 0 aromatic carbocycles. The van der Waals surface area contributed by atoms with Crippen LogP contribution in [0.5, 0.6) is 0 Å². The predicted octanol–water partition coefficient (Wildman–Crippen LogP) is 0.548. The molecule has 0 saturated carbocycles. The SMILES string of the molecule is NCCN1CC2(CCN(Cc3ccccn3)C2)C1. The predicted molar refractivity (Wildman–Crippen MR) is 72.1 cm³/mol. The van der Waals surface area contributed by atoms with E-state index in [1.165, 1.54) is 38.3 Å². The van der Waals surface area contributed by atoms with E-state index in [9.17, 15) is 0 Å². The van der Waals surface area contributed by atoms with Gasteiger partial charge >= 0.3 is 0 Å². The lowest BCUT2D eigenvalue weighted by molar-refractivity contribution is 0.0106. The van der Waals surface area contributed by atoms with Crippen LogP contribution in [0.4, 0.5) is 0 Å². The maximum Gasteiger partial charge on any atom is 0.0543 e. The van der Waals surface area contributed by atoms with Crippen molar-refractivity contribution in [1.82, 2.24) is 14.8 Å². The van der Waals surface area contributed by atoms with Gasteiger partial charge in [0.15, 0.2) is 0 Å². The number of likely N-dealkylation sites (tertiary alicyclic amines) is 2. The Hall–Kier alpha value is -0.970. The third-order valence-corrected chi connectivity index (χ3v) is 4.19. The number of pyridine rings is 1. The van der Waals surface area contributed by atoms with Gasteiger partial charge in [-0.1, -0.05) is 6.07 Å². The third kappa shape index (κ3) is 2.41. The topological polar surface area (TPSA) is 45.4 Å². The summed E-state index contributed by atoms with van der Waals surface area (Å²) < 4.78 is 0. The van der Waals surface area contributed by atoms with Gasteiger partial charge < -0.3 is 10.6 Å². The van der Waals surface area contributed by atoms with Crippen LogP contribution in [0.3, 0.4) is 0 Å². The maximum absolute atomic E-state index is 5.60. The van der Waals surface area contributed by atoms with Crippen molar-refractivity contribution in [3.63, 3.8) is 0 Å². The maximum atomic E-state index is 5.60. The Bertz CT molecular complexity index is 386. The Morgan fingerprint density at radius 3 is 2.78 bits per heavy atom. The van der Waals surface area contributed by atoms with Gasteiger partial charge in [-0.2, -0.15) is 0 Å². The molecule has 2 aliphatic rings. The van der Waals surface area contributed by atoms with Crippen LogP contribution in [0, 0.1) is 5.41 Å². The van der Waals surface area contributed by atoms with E-state index in [-0.39, 0.29) is 0 Å². The highest BCUT2D eigenvalue weighted by atomic mass is 15.3. The van der Waals surface area contributed by atoms with Crippen molar-refractivity contribution in [3.05, 3.63) is 30.1 Å². The molecule has 0 bridgehead atoms. The van der Waals surface area contributed by atoms with Gasteiger partial charge in [0.25, 0.3) is 0 Å². The summed E-state index contributed by atoms with van der Waals surface area (Å²) in [6.45, 7) is 7.76. The van der Waals surface area contributed by atoms with E-state index in [1.54, 1.807) is 0 Å². The highest BCUT2D eigenvalue weighted by molar-refractivity contribution is 5.06. The van der Waals surface area contributed by atoms with Crippen molar-refractivity contribution in [3.8, 4) is 0 Å². The Kier molecular flexibility index (Phi) is 3.33. The average molecular weight is 246 g/mol. The van der Waals surface area contributed by atoms with Crippen LogP contribution in [0.25, 0.3) is 0 Å². The van der Waals surface area contributed by atoms with Crippen LogP contribution in [0.15, 0.2) is 24.4 Å². The number of nitrogens with two attached hydrogens (primary N) is 1. The second kappa shape index (κ2) is 4.96. The van der Waals surface area contributed by atoms with Gasteiger partial charge in [-0.05, 0) is 25.1 Å². The second-order valence-corrected chi connectivity index (χ2v) is 5.78.